The van der Waals surface area contributed by atoms with Gasteiger partial charge in [0.25, 0.3) is 5.91 Å². The maximum atomic E-state index is 14.1. The molecule has 9 heteroatoms. The predicted molar refractivity (Wildman–Crippen MR) is 132 cm³/mol. The number of hydrogen-bond donors (Lipinski definition) is 1. The number of halogens is 1. The molecule has 4 aromatic heterocycles. The van der Waals surface area contributed by atoms with Crippen molar-refractivity contribution in [1.82, 2.24) is 34.6 Å². The molecule has 6 rings (SSSR count). The van der Waals surface area contributed by atoms with Crippen LogP contribution in [0.15, 0.2) is 67.1 Å². The molecule has 1 aliphatic carbocycles. The molecule has 0 saturated heterocycles. The Morgan fingerprint density at radius 3 is 2.67 bits per heavy atom. The molecular formula is C27H24FN7O. The number of pyridine rings is 2. The van der Waals surface area contributed by atoms with Crippen molar-refractivity contribution in [2.24, 2.45) is 7.05 Å². The second-order valence-corrected chi connectivity index (χ2v) is 9.11. The number of imidazole rings is 1. The molecule has 1 aliphatic rings. The van der Waals surface area contributed by atoms with Gasteiger partial charge in [-0.3, -0.25) is 4.79 Å². The van der Waals surface area contributed by atoms with Crippen molar-refractivity contribution >= 4 is 16.9 Å². The number of carbonyl (C=O) groups excluding carboxylic acids is 1. The van der Waals surface area contributed by atoms with Crippen molar-refractivity contribution in [3.05, 3.63) is 101 Å². The minimum atomic E-state index is -0.646. The average Bonchev–Trinajstić information content (AvgIpc) is 3.58. The summed E-state index contributed by atoms with van der Waals surface area (Å²) in [6, 6.07) is 13.0. The average molecular weight is 482 g/mol. The highest BCUT2D eigenvalue weighted by molar-refractivity contribution is 6.07. The van der Waals surface area contributed by atoms with Gasteiger partial charge in [-0.2, -0.15) is 9.78 Å². The van der Waals surface area contributed by atoms with Gasteiger partial charge in [-0.05, 0) is 55.7 Å². The maximum Gasteiger partial charge on any atom is 0.253 e. The Hall–Kier alpha value is -4.40. The minimum Gasteiger partial charge on any atom is -0.338 e. The fraction of sp³-hybridized carbons (Fsp3) is 0.222. The first-order valence-corrected chi connectivity index (χ1v) is 11.8. The molecule has 1 aromatic carbocycles. The molecule has 1 atom stereocenters. The number of fused-ring (bicyclic) bond motifs is 1. The van der Waals surface area contributed by atoms with Crippen LogP contribution in [-0.2, 0) is 7.05 Å². The molecule has 36 heavy (non-hydrogen) atoms. The van der Waals surface area contributed by atoms with Gasteiger partial charge in [-0.15, -0.1) is 0 Å². The summed E-state index contributed by atoms with van der Waals surface area (Å²) < 4.78 is 17.6. The number of aromatic nitrogens is 6. The number of hydrogen-bond acceptors (Lipinski definition) is 5. The summed E-state index contributed by atoms with van der Waals surface area (Å²) in [5.74, 6) is 0.874. The highest BCUT2D eigenvalue weighted by atomic mass is 19.1. The van der Waals surface area contributed by atoms with Gasteiger partial charge in [-0.25, -0.2) is 19.3 Å². The topological polar surface area (TPSA) is 90.5 Å². The predicted octanol–water partition coefficient (Wildman–Crippen LogP) is 4.39. The monoisotopic (exact) mass is 481 g/mol. The van der Waals surface area contributed by atoms with Crippen LogP contribution in [0.1, 0.15) is 57.9 Å². The van der Waals surface area contributed by atoms with E-state index in [4.69, 9.17) is 4.98 Å². The Bertz CT molecular complexity index is 1590. The number of aryl methyl sites for hydroxylation is 2. The van der Waals surface area contributed by atoms with Crippen molar-refractivity contribution in [2.45, 2.75) is 31.7 Å². The fourth-order valence-corrected chi connectivity index (χ4v) is 4.56. The van der Waals surface area contributed by atoms with Gasteiger partial charge in [0.05, 0.1) is 16.6 Å². The third-order valence-corrected chi connectivity index (χ3v) is 6.51. The van der Waals surface area contributed by atoms with Crippen LogP contribution in [0.2, 0.25) is 0 Å². The summed E-state index contributed by atoms with van der Waals surface area (Å²) in [6.45, 7) is 1.86. The van der Waals surface area contributed by atoms with Gasteiger partial charge in [0.2, 0.25) is 0 Å². The zero-order valence-corrected chi connectivity index (χ0v) is 19.9. The number of nitrogens with one attached hydrogen (secondary N) is 1. The van der Waals surface area contributed by atoms with Crippen LogP contribution in [-0.4, -0.2) is 35.2 Å². The zero-order chi connectivity index (χ0) is 24.8. The summed E-state index contributed by atoms with van der Waals surface area (Å²) in [7, 11) is 1.84. The van der Waals surface area contributed by atoms with Crippen molar-refractivity contribution in [2.75, 3.05) is 0 Å². The van der Waals surface area contributed by atoms with Gasteiger partial charge in [0.1, 0.15) is 17.7 Å². The molecule has 0 spiro atoms. The Morgan fingerprint density at radius 2 is 1.97 bits per heavy atom. The first kappa shape index (κ1) is 22.1. The van der Waals surface area contributed by atoms with E-state index in [9.17, 15) is 9.18 Å². The van der Waals surface area contributed by atoms with E-state index >= 15 is 0 Å². The second kappa shape index (κ2) is 8.67. The van der Waals surface area contributed by atoms with E-state index in [-0.39, 0.29) is 11.7 Å². The number of carbonyl (C=O) groups is 1. The number of benzene rings is 1. The third-order valence-electron chi connectivity index (χ3n) is 6.51. The Labute approximate surface area is 206 Å². The van der Waals surface area contributed by atoms with E-state index in [1.54, 1.807) is 35.4 Å². The van der Waals surface area contributed by atoms with Crippen LogP contribution in [0, 0.1) is 12.7 Å². The number of nitrogens with zero attached hydrogens (tertiary/aromatic N) is 6. The molecule has 1 unspecified atom stereocenters. The zero-order valence-electron chi connectivity index (χ0n) is 19.9. The van der Waals surface area contributed by atoms with Crippen LogP contribution in [0.4, 0.5) is 4.39 Å². The molecule has 0 radical (unpaired) electrons. The standard InChI is InChI=1S/C27H24FN7O/c1-16-23-20(15-21(17-9-10-17)31-25(23)35(33-16)22-8-3-4-11-29-22)27(36)32-24(26-30-12-13-34(26)2)18-6-5-7-19(28)14-18/h3-8,11-15,17,24H,9-10H2,1-2H3,(H,32,36). The van der Waals surface area contributed by atoms with Gasteiger partial charge in [0, 0.05) is 37.3 Å². The van der Waals surface area contributed by atoms with E-state index in [0.29, 0.717) is 45.4 Å². The van der Waals surface area contributed by atoms with Crippen molar-refractivity contribution < 1.29 is 9.18 Å². The Morgan fingerprint density at radius 1 is 1.11 bits per heavy atom. The Balaban J connectivity index is 1.48. The number of amides is 1. The lowest BCUT2D eigenvalue weighted by Gasteiger charge is -2.20. The highest BCUT2D eigenvalue weighted by Crippen LogP contribution is 2.40. The fourth-order valence-electron chi connectivity index (χ4n) is 4.56. The molecule has 5 aromatic rings. The molecule has 1 N–H and O–H groups in total. The molecule has 0 bridgehead atoms. The smallest absolute Gasteiger partial charge is 0.253 e. The van der Waals surface area contributed by atoms with Crippen molar-refractivity contribution in [3.8, 4) is 5.82 Å². The number of rotatable bonds is 6. The lowest BCUT2D eigenvalue weighted by atomic mass is 10.0. The van der Waals surface area contributed by atoms with Gasteiger partial charge < -0.3 is 9.88 Å². The normalized spacial score (nSPS) is 14.2. The molecule has 1 amide bonds. The quantitative estimate of drug-likeness (QED) is 0.388. The molecule has 180 valence electrons. The summed E-state index contributed by atoms with van der Waals surface area (Å²) in [5, 5.41) is 8.46. The third kappa shape index (κ3) is 3.92. The molecular weight excluding hydrogens is 457 g/mol. The first-order chi connectivity index (χ1) is 17.5. The van der Waals surface area contributed by atoms with Crippen molar-refractivity contribution in [1.29, 1.82) is 0 Å². The van der Waals surface area contributed by atoms with Crippen LogP contribution < -0.4 is 5.32 Å². The van der Waals surface area contributed by atoms with Gasteiger partial charge in [-0.1, -0.05) is 18.2 Å². The van der Waals surface area contributed by atoms with E-state index in [0.717, 1.165) is 18.5 Å². The van der Waals surface area contributed by atoms with Gasteiger partial charge >= 0.3 is 0 Å². The van der Waals surface area contributed by atoms with Crippen LogP contribution in [0.5, 0.6) is 0 Å². The van der Waals surface area contributed by atoms with Crippen LogP contribution in [0.3, 0.4) is 0 Å². The molecule has 1 fully saturated rings. The summed E-state index contributed by atoms with van der Waals surface area (Å²) in [6.07, 6.45) is 7.23. The summed E-state index contributed by atoms with van der Waals surface area (Å²) in [4.78, 5) is 27.7. The minimum absolute atomic E-state index is 0.301. The van der Waals surface area contributed by atoms with E-state index in [1.165, 1.54) is 12.1 Å². The van der Waals surface area contributed by atoms with E-state index < -0.39 is 6.04 Å². The maximum absolute atomic E-state index is 14.1. The van der Waals surface area contributed by atoms with Crippen LogP contribution in [0.25, 0.3) is 16.9 Å². The van der Waals surface area contributed by atoms with Gasteiger partial charge in [0.15, 0.2) is 11.5 Å². The van der Waals surface area contributed by atoms with Crippen LogP contribution >= 0.6 is 0 Å². The summed E-state index contributed by atoms with van der Waals surface area (Å²) in [5.41, 5.74) is 3.22. The highest BCUT2D eigenvalue weighted by Gasteiger charge is 2.30. The Kier molecular flexibility index (Phi) is 5.32. The summed E-state index contributed by atoms with van der Waals surface area (Å²) >= 11 is 0. The molecule has 0 aliphatic heterocycles. The molecule has 8 nitrogen and oxygen atoms in total. The molecule has 4 heterocycles. The molecule has 1 saturated carbocycles. The lowest BCUT2D eigenvalue weighted by Crippen LogP contribution is -2.31. The second-order valence-electron chi connectivity index (χ2n) is 9.11. The van der Waals surface area contributed by atoms with Crippen molar-refractivity contribution in [3.63, 3.8) is 0 Å². The van der Waals surface area contributed by atoms with E-state index in [2.05, 4.69) is 20.4 Å². The van der Waals surface area contributed by atoms with E-state index in [1.807, 2.05) is 42.8 Å². The first-order valence-electron chi connectivity index (χ1n) is 11.8. The largest absolute Gasteiger partial charge is 0.338 e. The SMILES string of the molecule is Cc1nn(-c2ccccn2)c2nc(C3CC3)cc(C(=O)NC(c3cccc(F)c3)c3nccn3C)c12. The lowest BCUT2D eigenvalue weighted by molar-refractivity contribution is 0.0942.